The van der Waals surface area contributed by atoms with Crippen molar-refractivity contribution < 1.29 is 4.79 Å². The molecule has 106 valence electrons. The van der Waals surface area contributed by atoms with Crippen molar-refractivity contribution in [3.63, 3.8) is 0 Å². The molecule has 1 rings (SSSR count). The zero-order valence-corrected chi connectivity index (χ0v) is 14.3. The van der Waals surface area contributed by atoms with Crippen molar-refractivity contribution in [2.75, 3.05) is 6.54 Å². The summed E-state index contributed by atoms with van der Waals surface area (Å²) in [6.07, 6.45) is 3.37. The first-order chi connectivity index (χ1) is 8.97. The van der Waals surface area contributed by atoms with Crippen molar-refractivity contribution in [1.82, 2.24) is 4.90 Å². The molecule has 0 saturated carbocycles. The fraction of sp³-hybridized carbons (Fsp3) is 0.533. The topological polar surface area (TPSA) is 20.3 Å². The highest BCUT2D eigenvalue weighted by molar-refractivity contribution is 9.10. The number of carbonyl (C=O) groups excluding carboxylic acids is 1. The summed E-state index contributed by atoms with van der Waals surface area (Å²) in [7, 11) is 0. The van der Waals surface area contributed by atoms with Crippen LogP contribution in [0, 0.1) is 0 Å². The van der Waals surface area contributed by atoms with Crippen LogP contribution in [0.15, 0.2) is 27.6 Å². The van der Waals surface area contributed by atoms with E-state index in [4.69, 9.17) is 0 Å². The molecule has 0 aromatic heterocycles. The van der Waals surface area contributed by atoms with Crippen LogP contribution in [-0.4, -0.2) is 23.4 Å². The van der Waals surface area contributed by atoms with Crippen molar-refractivity contribution in [3.8, 4) is 0 Å². The standard InChI is InChI=1S/C15H22BrNOS/c1-4-5-6-9-17(11(2)3)15(18)13-10-12(19)7-8-14(13)16/h7-8,10-11,19H,4-6,9H2,1-3H3. The molecule has 0 unspecified atom stereocenters. The van der Waals surface area contributed by atoms with E-state index in [0.717, 1.165) is 35.2 Å². The van der Waals surface area contributed by atoms with Gasteiger partial charge in [-0.3, -0.25) is 4.79 Å². The first kappa shape index (κ1) is 16.6. The van der Waals surface area contributed by atoms with Crippen LogP contribution in [0.2, 0.25) is 0 Å². The van der Waals surface area contributed by atoms with Gasteiger partial charge in [-0.1, -0.05) is 19.8 Å². The Morgan fingerprint density at radius 2 is 2.05 bits per heavy atom. The summed E-state index contributed by atoms with van der Waals surface area (Å²) in [5.41, 5.74) is 0.692. The number of carbonyl (C=O) groups is 1. The maximum absolute atomic E-state index is 12.6. The van der Waals surface area contributed by atoms with Crippen LogP contribution in [0.3, 0.4) is 0 Å². The van der Waals surface area contributed by atoms with Crippen LogP contribution in [0.4, 0.5) is 0 Å². The minimum atomic E-state index is 0.0777. The Morgan fingerprint density at radius 1 is 1.37 bits per heavy atom. The predicted octanol–water partition coefficient (Wildman–Crippen LogP) is 4.78. The molecule has 1 amide bonds. The molecule has 4 heteroatoms. The predicted molar refractivity (Wildman–Crippen MR) is 87.1 cm³/mol. The minimum Gasteiger partial charge on any atom is -0.336 e. The van der Waals surface area contributed by atoms with Gasteiger partial charge in [0.25, 0.3) is 5.91 Å². The summed E-state index contributed by atoms with van der Waals surface area (Å²) in [6, 6.07) is 5.78. The molecule has 2 nitrogen and oxygen atoms in total. The number of benzene rings is 1. The second-order valence-electron chi connectivity index (χ2n) is 4.96. The normalized spacial score (nSPS) is 10.8. The van der Waals surface area contributed by atoms with Gasteiger partial charge in [0, 0.05) is 22.0 Å². The van der Waals surface area contributed by atoms with Crippen molar-refractivity contribution in [2.24, 2.45) is 0 Å². The molecule has 0 atom stereocenters. The van der Waals surface area contributed by atoms with Gasteiger partial charge in [0.1, 0.15) is 0 Å². The Morgan fingerprint density at radius 3 is 2.63 bits per heavy atom. The van der Waals surface area contributed by atoms with Crippen LogP contribution in [0.25, 0.3) is 0 Å². The number of unbranched alkanes of at least 4 members (excludes halogenated alkanes) is 2. The molecule has 0 fully saturated rings. The van der Waals surface area contributed by atoms with Gasteiger partial charge in [0.05, 0.1) is 5.56 Å². The number of rotatable bonds is 6. The first-order valence-corrected chi connectivity index (χ1v) is 8.00. The highest BCUT2D eigenvalue weighted by Crippen LogP contribution is 2.23. The number of amides is 1. The summed E-state index contributed by atoms with van der Waals surface area (Å²) in [6.45, 7) is 7.10. The summed E-state index contributed by atoms with van der Waals surface area (Å²) in [4.78, 5) is 15.4. The summed E-state index contributed by atoms with van der Waals surface area (Å²) in [5.74, 6) is 0.0777. The van der Waals surface area contributed by atoms with Crippen LogP contribution in [0.5, 0.6) is 0 Å². The summed E-state index contributed by atoms with van der Waals surface area (Å²) >= 11 is 7.76. The lowest BCUT2D eigenvalue weighted by Gasteiger charge is -2.27. The Bertz CT molecular complexity index is 434. The zero-order valence-electron chi connectivity index (χ0n) is 11.8. The van der Waals surface area contributed by atoms with E-state index in [1.165, 1.54) is 0 Å². The third kappa shape index (κ3) is 4.84. The maximum Gasteiger partial charge on any atom is 0.255 e. The van der Waals surface area contributed by atoms with Crippen molar-refractivity contribution in [3.05, 3.63) is 28.2 Å². The largest absolute Gasteiger partial charge is 0.336 e. The molecule has 0 heterocycles. The number of nitrogens with zero attached hydrogens (tertiary/aromatic N) is 1. The molecule has 0 bridgehead atoms. The van der Waals surface area contributed by atoms with Crippen molar-refractivity contribution in [2.45, 2.75) is 51.0 Å². The summed E-state index contributed by atoms with van der Waals surface area (Å²) in [5, 5.41) is 0. The van der Waals surface area contributed by atoms with Gasteiger partial charge in [0.15, 0.2) is 0 Å². The highest BCUT2D eigenvalue weighted by atomic mass is 79.9. The number of hydrogen-bond donors (Lipinski definition) is 1. The van der Waals surface area contributed by atoms with Gasteiger partial charge in [-0.2, -0.15) is 0 Å². The van der Waals surface area contributed by atoms with Crippen molar-refractivity contribution >= 4 is 34.5 Å². The SMILES string of the molecule is CCCCCN(C(=O)c1cc(S)ccc1Br)C(C)C. The molecule has 0 saturated heterocycles. The highest BCUT2D eigenvalue weighted by Gasteiger charge is 2.20. The quantitative estimate of drug-likeness (QED) is 0.582. The summed E-state index contributed by atoms with van der Waals surface area (Å²) < 4.78 is 0.830. The Labute approximate surface area is 130 Å². The van der Waals surface area contributed by atoms with E-state index in [1.807, 2.05) is 23.1 Å². The third-order valence-corrected chi connectivity index (χ3v) is 4.04. The molecule has 0 radical (unpaired) electrons. The van der Waals surface area contributed by atoms with E-state index >= 15 is 0 Å². The van der Waals surface area contributed by atoms with E-state index in [9.17, 15) is 4.79 Å². The van der Waals surface area contributed by atoms with Gasteiger partial charge in [-0.25, -0.2) is 0 Å². The second kappa shape index (κ2) is 7.95. The molecule has 19 heavy (non-hydrogen) atoms. The fourth-order valence-corrected chi connectivity index (χ4v) is 2.58. The maximum atomic E-state index is 12.6. The van der Waals surface area contributed by atoms with E-state index in [0.29, 0.717) is 5.56 Å². The second-order valence-corrected chi connectivity index (χ2v) is 6.33. The van der Waals surface area contributed by atoms with Gasteiger partial charge >= 0.3 is 0 Å². The van der Waals surface area contributed by atoms with Crippen LogP contribution in [0.1, 0.15) is 50.4 Å². The van der Waals surface area contributed by atoms with Gasteiger partial charge in [0.2, 0.25) is 0 Å². The zero-order chi connectivity index (χ0) is 14.4. The Balaban J connectivity index is 2.89. The lowest BCUT2D eigenvalue weighted by molar-refractivity contribution is 0.0701. The Hall–Kier alpha value is -0.480. The third-order valence-electron chi connectivity index (χ3n) is 3.07. The monoisotopic (exact) mass is 343 g/mol. The lowest BCUT2D eigenvalue weighted by Crippen LogP contribution is -2.37. The van der Waals surface area contributed by atoms with Crippen LogP contribution >= 0.6 is 28.6 Å². The number of thiol groups is 1. The number of hydrogen-bond acceptors (Lipinski definition) is 2. The molecule has 0 aliphatic rings. The molecular weight excluding hydrogens is 322 g/mol. The van der Waals surface area contributed by atoms with Gasteiger partial charge in [-0.05, 0) is 54.4 Å². The van der Waals surface area contributed by atoms with Crippen LogP contribution in [-0.2, 0) is 0 Å². The van der Waals surface area contributed by atoms with Crippen molar-refractivity contribution in [1.29, 1.82) is 0 Å². The van der Waals surface area contributed by atoms with Crippen LogP contribution < -0.4 is 0 Å². The van der Waals surface area contributed by atoms with E-state index < -0.39 is 0 Å². The average molecular weight is 344 g/mol. The molecule has 0 N–H and O–H groups in total. The smallest absolute Gasteiger partial charge is 0.255 e. The molecule has 0 spiro atoms. The van der Waals surface area contributed by atoms with Gasteiger partial charge in [-0.15, -0.1) is 12.6 Å². The molecule has 1 aromatic carbocycles. The average Bonchev–Trinajstić information content (AvgIpc) is 2.36. The molecule has 0 aliphatic heterocycles. The lowest BCUT2D eigenvalue weighted by atomic mass is 10.1. The minimum absolute atomic E-state index is 0.0777. The Kier molecular flexibility index (Phi) is 6.94. The molecular formula is C15H22BrNOS. The molecule has 0 aliphatic carbocycles. The number of halogens is 1. The van der Waals surface area contributed by atoms with Gasteiger partial charge < -0.3 is 4.90 Å². The van der Waals surface area contributed by atoms with E-state index in [-0.39, 0.29) is 11.9 Å². The first-order valence-electron chi connectivity index (χ1n) is 6.76. The van der Waals surface area contributed by atoms with E-state index in [2.05, 4.69) is 49.3 Å². The van der Waals surface area contributed by atoms with E-state index in [1.54, 1.807) is 0 Å². The molecule has 1 aromatic rings. The fourth-order valence-electron chi connectivity index (χ4n) is 1.96.